The normalized spacial score (nSPS) is 11.0. The lowest BCUT2D eigenvalue weighted by atomic mass is 10.2. The van der Waals surface area contributed by atoms with E-state index in [1.54, 1.807) is 43.5 Å². The average molecular weight is 365 g/mol. The van der Waals surface area contributed by atoms with Crippen LogP contribution in [-0.2, 0) is 14.8 Å². The Morgan fingerprint density at radius 1 is 1.20 bits per heavy atom. The Morgan fingerprint density at radius 2 is 1.92 bits per heavy atom. The lowest BCUT2D eigenvalue weighted by Crippen LogP contribution is -2.27. The molecule has 0 fully saturated rings. The number of carbonyl (C=O) groups excluding carboxylic acids is 1. The van der Waals surface area contributed by atoms with Gasteiger partial charge in [0, 0.05) is 25.5 Å². The highest BCUT2D eigenvalue weighted by molar-refractivity contribution is 7.92. The standard InChI is InChI=1S/C16H19N3O5S/c1-23-11-10-17-15(20)14-4-3-9-18-16(14)24-13-7-5-12(6-8-13)19-25(2,21)22/h3-9,19H,10-11H2,1-2H3,(H,17,20). The highest BCUT2D eigenvalue weighted by atomic mass is 32.2. The molecule has 1 amide bonds. The van der Waals surface area contributed by atoms with Crippen molar-refractivity contribution in [2.24, 2.45) is 0 Å². The number of ether oxygens (including phenoxy) is 2. The zero-order chi connectivity index (χ0) is 18.3. The number of nitrogens with one attached hydrogen (secondary N) is 2. The quantitative estimate of drug-likeness (QED) is 0.689. The predicted molar refractivity (Wildman–Crippen MR) is 93.4 cm³/mol. The van der Waals surface area contributed by atoms with E-state index in [9.17, 15) is 13.2 Å². The predicted octanol–water partition coefficient (Wildman–Crippen LogP) is 1.62. The third kappa shape index (κ3) is 6.05. The van der Waals surface area contributed by atoms with Gasteiger partial charge < -0.3 is 14.8 Å². The van der Waals surface area contributed by atoms with E-state index < -0.39 is 10.0 Å². The van der Waals surface area contributed by atoms with Crippen molar-refractivity contribution in [1.29, 1.82) is 0 Å². The SMILES string of the molecule is COCCNC(=O)c1cccnc1Oc1ccc(NS(C)(=O)=O)cc1. The highest BCUT2D eigenvalue weighted by Crippen LogP contribution is 2.24. The molecule has 2 rings (SSSR count). The Bertz CT molecular complexity index is 822. The van der Waals surface area contributed by atoms with Crippen LogP contribution < -0.4 is 14.8 Å². The van der Waals surface area contributed by atoms with E-state index in [1.807, 2.05) is 0 Å². The fourth-order valence-electron chi connectivity index (χ4n) is 1.92. The Kier molecular flexibility index (Phi) is 6.31. The number of methoxy groups -OCH3 is 1. The molecule has 0 radical (unpaired) electrons. The first-order chi connectivity index (χ1) is 11.9. The third-order valence-electron chi connectivity index (χ3n) is 2.98. The van der Waals surface area contributed by atoms with Gasteiger partial charge >= 0.3 is 0 Å². The molecule has 0 aliphatic carbocycles. The van der Waals surface area contributed by atoms with Crippen molar-refractivity contribution in [3.05, 3.63) is 48.2 Å². The van der Waals surface area contributed by atoms with Gasteiger partial charge in [-0.15, -0.1) is 0 Å². The summed E-state index contributed by atoms with van der Waals surface area (Å²) in [5.74, 6) is 0.250. The van der Waals surface area contributed by atoms with E-state index in [4.69, 9.17) is 9.47 Å². The first kappa shape index (κ1) is 18.7. The van der Waals surface area contributed by atoms with E-state index in [2.05, 4.69) is 15.0 Å². The van der Waals surface area contributed by atoms with Crippen LogP contribution in [0.5, 0.6) is 11.6 Å². The third-order valence-corrected chi connectivity index (χ3v) is 3.59. The molecule has 0 aliphatic rings. The summed E-state index contributed by atoms with van der Waals surface area (Å²) in [7, 11) is -1.80. The number of nitrogens with zero attached hydrogens (tertiary/aromatic N) is 1. The van der Waals surface area contributed by atoms with Crippen molar-refractivity contribution in [2.45, 2.75) is 0 Å². The lowest BCUT2D eigenvalue weighted by Gasteiger charge is -2.11. The number of aromatic nitrogens is 1. The van der Waals surface area contributed by atoms with Crippen LogP contribution in [0.2, 0.25) is 0 Å². The topological polar surface area (TPSA) is 107 Å². The molecule has 1 aromatic heterocycles. The van der Waals surface area contributed by atoms with E-state index in [-0.39, 0.29) is 17.4 Å². The summed E-state index contributed by atoms with van der Waals surface area (Å²) in [6, 6.07) is 9.50. The fourth-order valence-corrected chi connectivity index (χ4v) is 2.49. The minimum Gasteiger partial charge on any atom is -0.438 e. The second-order valence-corrected chi connectivity index (χ2v) is 6.85. The first-order valence-electron chi connectivity index (χ1n) is 7.37. The highest BCUT2D eigenvalue weighted by Gasteiger charge is 2.14. The molecule has 1 aromatic carbocycles. The van der Waals surface area contributed by atoms with Gasteiger partial charge in [0.2, 0.25) is 15.9 Å². The number of amides is 1. The second kappa shape index (κ2) is 8.45. The van der Waals surface area contributed by atoms with Gasteiger partial charge in [-0.1, -0.05) is 0 Å². The monoisotopic (exact) mass is 365 g/mol. The zero-order valence-corrected chi connectivity index (χ0v) is 14.7. The van der Waals surface area contributed by atoms with Crippen molar-refractivity contribution < 1.29 is 22.7 Å². The molecule has 134 valence electrons. The molecule has 0 aliphatic heterocycles. The molecule has 9 heteroatoms. The van der Waals surface area contributed by atoms with Gasteiger partial charge in [0.05, 0.1) is 12.9 Å². The molecule has 2 N–H and O–H groups in total. The van der Waals surface area contributed by atoms with Gasteiger partial charge in [0.1, 0.15) is 11.3 Å². The van der Waals surface area contributed by atoms with E-state index >= 15 is 0 Å². The summed E-state index contributed by atoms with van der Waals surface area (Å²) < 4.78 is 35.3. The minimum absolute atomic E-state index is 0.154. The van der Waals surface area contributed by atoms with Crippen LogP contribution in [0, 0.1) is 0 Å². The van der Waals surface area contributed by atoms with Gasteiger partial charge in [-0.3, -0.25) is 9.52 Å². The Balaban J connectivity index is 2.11. The first-order valence-corrected chi connectivity index (χ1v) is 9.26. The van der Waals surface area contributed by atoms with Crippen LogP contribution in [0.4, 0.5) is 5.69 Å². The molecular weight excluding hydrogens is 346 g/mol. The number of rotatable bonds is 8. The van der Waals surface area contributed by atoms with Crippen LogP contribution in [0.15, 0.2) is 42.6 Å². The summed E-state index contributed by atoms with van der Waals surface area (Å²) in [6.45, 7) is 0.770. The molecular formula is C16H19N3O5S. The van der Waals surface area contributed by atoms with E-state index in [1.165, 1.54) is 6.20 Å². The van der Waals surface area contributed by atoms with Crippen molar-refractivity contribution in [3.63, 3.8) is 0 Å². The molecule has 1 heterocycles. The molecule has 0 spiro atoms. The summed E-state index contributed by atoms with van der Waals surface area (Å²) >= 11 is 0. The van der Waals surface area contributed by atoms with Crippen molar-refractivity contribution >= 4 is 21.6 Å². The average Bonchev–Trinajstić information content (AvgIpc) is 2.56. The summed E-state index contributed by atoms with van der Waals surface area (Å²) in [4.78, 5) is 16.3. The fraction of sp³-hybridized carbons (Fsp3) is 0.250. The number of benzene rings is 1. The number of pyridine rings is 1. The number of hydrogen-bond donors (Lipinski definition) is 2. The van der Waals surface area contributed by atoms with Crippen molar-refractivity contribution in [1.82, 2.24) is 10.3 Å². The van der Waals surface area contributed by atoms with Gasteiger partial charge in [-0.2, -0.15) is 0 Å². The van der Waals surface area contributed by atoms with Gasteiger partial charge in [0.15, 0.2) is 0 Å². The van der Waals surface area contributed by atoms with Crippen LogP contribution in [-0.4, -0.2) is 45.8 Å². The maximum Gasteiger partial charge on any atom is 0.256 e. The maximum atomic E-state index is 12.2. The maximum absolute atomic E-state index is 12.2. The zero-order valence-electron chi connectivity index (χ0n) is 13.9. The van der Waals surface area contributed by atoms with E-state index in [0.717, 1.165) is 6.26 Å². The van der Waals surface area contributed by atoms with Crippen LogP contribution in [0.3, 0.4) is 0 Å². The second-order valence-electron chi connectivity index (χ2n) is 5.11. The number of carbonyl (C=O) groups is 1. The molecule has 0 saturated carbocycles. The number of hydrogen-bond acceptors (Lipinski definition) is 6. The van der Waals surface area contributed by atoms with Crippen molar-refractivity contribution in [3.8, 4) is 11.6 Å². The smallest absolute Gasteiger partial charge is 0.256 e. The van der Waals surface area contributed by atoms with Crippen molar-refractivity contribution in [2.75, 3.05) is 31.2 Å². The van der Waals surface area contributed by atoms with Gasteiger partial charge in [-0.25, -0.2) is 13.4 Å². The Morgan fingerprint density at radius 3 is 2.56 bits per heavy atom. The molecule has 0 bridgehead atoms. The van der Waals surface area contributed by atoms with Gasteiger partial charge in [-0.05, 0) is 36.4 Å². The number of anilines is 1. The lowest BCUT2D eigenvalue weighted by molar-refractivity contribution is 0.0934. The summed E-state index contributed by atoms with van der Waals surface area (Å²) in [5, 5.41) is 2.70. The largest absolute Gasteiger partial charge is 0.438 e. The van der Waals surface area contributed by atoms with Crippen LogP contribution in [0.1, 0.15) is 10.4 Å². The Labute approximate surface area is 146 Å². The van der Waals surface area contributed by atoms with E-state index in [0.29, 0.717) is 24.6 Å². The molecule has 0 atom stereocenters. The molecule has 8 nitrogen and oxygen atoms in total. The van der Waals surface area contributed by atoms with Crippen LogP contribution in [0.25, 0.3) is 0 Å². The molecule has 0 unspecified atom stereocenters. The minimum atomic E-state index is -3.34. The summed E-state index contributed by atoms with van der Waals surface area (Å²) in [5.41, 5.74) is 0.699. The molecule has 25 heavy (non-hydrogen) atoms. The summed E-state index contributed by atoms with van der Waals surface area (Å²) in [6.07, 6.45) is 2.58. The number of sulfonamides is 1. The van der Waals surface area contributed by atoms with Gasteiger partial charge in [0.25, 0.3) is 5.91 Å². The Hall–Kier alpha value is -2.65. The van der Waals surface area contributed by atoms with Crippen LogP contribution >= 0.6 is 0 Å². The molecule has 2 aromatic rings. The molecule has 0 saturated heterocycles.